The molecule has 0 aliphatic heterocycles. The molecular weight excluding hydrogens is 472 g/mol. The normalized spacial score (nSPS) is 11.7. The SMILES string of the molecule is CCOc1cc(/C=C(\C#N)c2nc3ccccc3s2)ccc1OS(=O)(=O)c1ccc(OC)cc1. The van der Waals surface area contributed by atoms with E-state index in [0.29, 0.717) is 28.5 Å². The lowest BCUT2D eigenvalue weighted by Gasteiger charge is -2.13. The van der Waals surface area contributed by atoms with Crippen LogP contribution >= 0.6 is 11.3 Å². The Morgan fingerprint density at radius 2 is 1.85 bits per heavy atom. The van der Waals surface area contributed by atoms with Gasteiger partial charge in [0.2, 0.25) is 0 Å². The number of hydrogen-bond donors (Lipinski definition) is 0. The van der Waals surface area contributed by atoms with E-state index in [9.17, 15) is 13.7 Å². The van der Waals surface area contributed by atoms with Crippen molar-refractivity contribution >= 4 is 43.3 Å². The Morgan fingerprint density at radius 1 is 1.09 bits per heavy atom. The second-order valence-electron chi connectivity index (χ2n) is 7.01. The summed E-state index contributed by atoms with van der Waals surface area (Å²) in [7, 11) is -2.59. The maximum Gasteiger partial charge on any atom is 0.339 e. The van der Waals surface area contributed by atoms with Crippen LogP contribution in [0, 0.1) is 11.3 Å². The number of hydrogen-bond acceptors (Lipinski definition) is 8. The van der Waals surface area contributed by atoms with Crippen molar-refractivity contribution in [2.45, 2.75) is 11.8 Å². The number of aromatic nitrogens is 1. The minimum absolute atomic E-state index is 0.0117. The van der Waals surface area contributed by atoms with Crippen molar-refractivity contribution in [3.63, 3.8) is 0 Å². The summed E-state index contributed by atoms with van der Waals surface area (Å²) in [6.07, 6.45) is 1.68. The molecule has 0 saturated heterocycles. The van der Waals surface area contributed by atoms with Crippen LogP contribution in [0.15, 0.2) is 71.6 Å². The number of benzene rings is 3. The Kier molecular flexibility index (Phi) is 6.82. The maximum atomic E-state index is 12.8. The summed E-state index contributed by atoms with van der Waals surface area (Å²) in [6.45, 7) is 2.08. The molecule has 4 aromatic rings. The maximum absolute atomic E-state index is 12.8. The number of para-hydroxylation sites is 1. The summed E-state index contributed by atoms with van der Waals surface area (Å²) in [5.41, 5.74) is 1.86. The third-order valence-corrected chi connectivity index (χ3v) is 7.09. The molecule has 0 fully saturated rings. The van der Waals surface area contributed by atoms with Crippen molar-refractivity contribution < 1.29 is 22.1 Å². The fourth-order valence-corrected chi connectivity index (χ4v) is 5.03. The summed E-state index contributed by atoms with van der Waals surface area (Å²) in [4.78, 5) is 4.52. The van der Waals surface area contributed by atoms with Crippen LogP contribution in [0.25, 0.3) is 21.9 Å². The number of thiazole rings is 1. The zero-order valence-corrected chi connectivity index (χ0v) is 20.0. The molecule has 0 saturated carbocycles. The van der Waals surface area contributed by atoms with Gasteiger partial charge in [-0.15, -0.1) is 11.3 Å². The Hall–Kier alpha value is -3.87. The van der Waals surface area contributed by atoms with Gasteiger partial charge in [-0.25, -0.2) is 4.98 Å². The molecule has 0 radical (unpaired) electrons. The molecule has 172 valence electrons. The van der Waals surface area contributed by atoms with Gasteiger partial charge in [-0.2, -0.15) is 13.7 Å². The number of methoxy groups -OCH3 is 1. The van der Waals surface area contributed by atoms with Crippen molar-refractivity contribution in [1.82, 2.24) is 4.98 Å². The second-order valence-corrected chi connectivity index (χ2v) is 9.59. The highest BCUT2D eigenvalue weighted by molar-refractivity contribution is 7.87. The van der Waals surface area contributed by atoms with Crippen molar-refractivity contribution in [2.75, 3.05) is 13.7 Å². The molecule has 0 aliphatic carbocycles. The predicted molar refractivity (Wildman–Crippen MR) is 132 cm³/mol. The number of rotatable bonds is 8. The van der Waals surface area contributed by atoms with Crippen LogP contribution in [0.5, 0.6) is 17.2 Å². The monoisotopic (exact) mass is 492 g/mol. The summed E-state index contributed by atoms with van der Waals surface area (Å²) in [5.74, 6) is 0.828. The van der Waals surface area contributed by atoms with Gasteiger partial charge in [0.15, 0.2) is 11.5 Å². The van der Waals surface area contributed by atoms with Crippen LogP contribution in [0.2, 0.25) is 0 Å². The van der Waals surface area contributed by atoms with Gasteiger partial charge in [0.1, 0.15) is 21.7 Å². The average molecular weight is 493 g/mol. The van der Waals surface area contributed by atoms with E-state index in [4.69, 9.17) is 13.7 Å². The van der Waals surface area contributed by atoms with Gasteiger partial charge in [0.25, 0.3) is 0 Å². The quantitative estimate of drug-likeness (QED) is 0.235. The molecule has 34 heavy (non-hydrogen) atoms. The van der Waals surface area contributed by atoms with Gasteiger partial charge in [-0.3, -0.25) is 0 Å². The average Bonchev–Trinajstić information content (AvgIpc) is 3.28. The molecule has 0 bridgehead atoms. The standard InChI is InChI=1S/C25H20N2O5S2/c1-3-31-23-15-17(14-18(16-26)25-27-21-6-4-5-7-24(21)33-25)8-13-22(23)32-34(28,29)20-11-9-19(30-2)10-12-20/h4-15H,3H2,1-2H3/b18-14+. The first kappa shape index (κ1) is 23.3. The fourth-order valence-electron chi connectivity index (χ4n) is 3.16. The van der Waals surface area contributed by atoms with E-state index < -0.39 is 10.1 Å². The molecule has 0 amide bonds. The number of ether oxygens (including phenoxy) is 2. The van der Waals surface area contributed by atoms with E-state index in [1.54, 1.807) is 37.3 Å². The Morgan fingerprint density at radius 3 is 2.53 bits per heavy atom. The fraction of sp³-hybridized carbons (Fsp3) is 0.120. The number of allylic oxidation sites excluding steroid dienone is 1. The highest BCUT2D eigenvalue weighted by Gasteiger charge is 2.20. The third kappa shape index (κ3) is 5.03. The molecule has 0 aliphatic rings. The number of nitriles is 1. The van der Waals surface area contributed by atoms with E-state index in [1.165, 1.54) is 36.6 Å². The lowest BCUT2D eigenvalue weighted by Crippen LogP contribution is -2.10. The lowest BCUT2D eigenvalue weighted by atomic mass is 10.1. The van der Waals surface area contributed by atoms with E-state index >= 15 is 0 Å². The first-order valence-electron chi connectivity index (χ1n) is 10.3. The zero-order valence-electron chi connectivity index (χ0n) is 18.4. The Bertz CT molecular complexity index is 1470. The van der Waals surface area contributed by atoms with Gasteiger partial charge in [0, 0.05) is 0 Å². The molecule has 0 spiro atoms. The van der Waals surface area contributed by atoms with Gasteiger partial charge < -0.3 is 13.7 Å². The van der Waals surface area contributed by atoms with Crippen molar-refractivity contribution in [1.29, 1.82) is 5.26 Å². The summed E-state index contributed by atoms with van der Waals surface area (Å²) >= 11 is 1.43. The molecule has 0 unspecified atom stereocenters. The smallest absolute Gasteiger partial charge is 0.339 e. The van der Waals surface area contributed by atoms with Crippen LogP contribution in [0.3, 0.4) is 0 Å². The first-order chi connectivity index (χ1) is 16.4. The highest BCUT2D eigenvalue weighted by atomic mass is 32.2. The first-order valence-corrected chi connectivity index (χ1v) is 12.5. The zero-order chi connectivity index (χ0) is 24.1. The van der Waals surface area contributed by atoms with Crippen LogP contribution < -0.4 is 13.7 Å². The van der Waals surface area contributed by atoms with Gasteiger partial charge in [0.05, 0.1) is 29.5 Å². The Balaban J connectivity index is 1.65. The van der Waals surface area contributed by atoms with Crippen LogP contribution in [0.1, 0.15) is 17.5 Å². The molecule has 7 nitrogen and oxygen atoms in total. The largest absolute Gasteiger partial charge is 0.497 e. The number of nitrogens with zero attached hydrogens (tertiary/aromatic N) is 2. The predicted octanol–water partition coefficient (Wildman–Crippen LogP) is 5.54. The molecular formula is C25H20N2O5S2. The summed E-state index contributed by atoms with van der Waals surface area (Å²) < 4.78 is 42.6. The highest BCUT2D eigenvalue weighted by Crippen LogP contribution is 2.34. The van der Waals surface area contributed by atoms with Crippen molar-refractivity contribution in [3.8, 4) is 23.3 Å². The third-order valence-electron chi connectivity index (χ3n) is 4.77. The summed E-state index contributed by atoms with van der Waals surface area (Å²) in [6, 6.07) is 20.6. The van der Waals surface area contributed by atoms with Crippen LogP contribution in [0.4, 0.5) is 0 Å². The second kappa shape index (κ2) is 9.95. The van der Waals surface area contributed by atoms with Crippen molar-refractivity contribution in [3.05, 3.63) is 77.3 Å². The van der Waals surface area contributed by atoms with Crippen LogP contribution in [-0.4, -0.2) is 27.1 Å². The molecule has 9 heteroatoms. The lowest BCUT2D eigenvalue weighted by molar-refractivity contribution is 0.327. The Labute approximate surface area is 201 Å². The molecule has 1 heterocycles. The van der Waals surface area contributed by atoms with E-state index in [0.717, 1.165) is 10.2 Å². The van der Waals surface area contributed by atoms with Gasteiger partial charge in [-0.1, -0.05) is 18.2 Å². The number of fused-ring (bicyclic) bond motifs is 1. The molecule has 0 atom stereocenters. The van der Waals surface area contributed by atoms with Gasteiger partial charge in [-0.05, 0) is 67.1 Å². The molecule has 4 rings (SSSR count). The van der Waals surface area contributed by atoms with E-state index in [1.807, 2.05) is 24.3 Å². The molecule has 0 N–H and O–H groups in total. The minimum Gasteiger partial charge on any atom is -0.497 e. The van der Waals surface area contributed by atoms with Crippen LogP contribution in [-0.2, 0) is 10.1 Å². The summed E-state index contributed by atoms with van der Waals surface area (Å²) in [5, 5.41) is 10.3. The van der Waals surface area contributed by atoms with E-state index in [-0.39, 0.29) is 16.4 Å². The van der Waals surface area contributed by atoms with Gasteiger partial charge >= 0.3 is 10.1 Å². The molecule has 1 aromatic heterocycles. The minimum atomic E-state index is -4.09. The molecule has 3 aromatic carbocycles. The topological polar surface area (TPSA) is 98.5 Å². The van der Waals surface area contributed by atoms with Crippen molar-refractivity contribution in [2.24, 2.45) is 0 Å². The van der Waals surface area contributed by atoms with E-state index in [2.05, 4.69) is 11.1 Å².